The summed E-state index contributed by atoms with van der Waals surface area (Å²) in [6.07, 6.45) is 0. The van der Waals surface area contributed by atoms with Gasteiger partial charge in [-0.3, -0.25) is 4.90 Å². The maximum Gasteiger partial charge on any atom is 0.335 e. The molecule has 0 radical (unpaired) electrons. The minimum absolute atomic E-state index is 0.349. The number of nitrogens with one attached hydrogen (secondary N) is 1. The lowest BCUT2D eigenvalue weighted by Gasteiger charge is -2.31. The average Bonchev–Trinajstić information content (AvgIpc) is 2.29. The van der Waals surface area contributed by atoms with Crippen LogP contribution in [0.5, 0.6) is 0 Å². The van der Waals surface area contributed by atoms with Gasteiger partial charge in [-0.25, -0.2) is 4.79 Å². The van der Waals surface area contributed by atoms with E-state index in [1.54, 1.807) is 12.1 Å². The molecule has 0 aromatic heterocycles. The number of rotatable bonds is 3. The first-order chi connectivity index (χ1) is 8.15. The van der Waals surface area contributed by atoms with Gasteiger partial charge in [-0.1, -0.05) is 12.1 Å². The van der Waals surface area contributed by atoms with Crippen molar-refractivity contribution < 1.29 is 9.90 Å². The van der Waals surface area contributed by atoms with Crippen LogP contribution in [0.2, 0.25) is 0 Å². The van der Waals surface area contributed by atoms with Crippen molar-refractivity contribution in [2.75, 3.05) is 19.6 Å². The SMILES string of the molecule is C[C@H]1CN(Cc2ccc(C(=O)O)cc2)CCN1. The third kappa shape index (κ3) is 3.28. The fraction of sp³-hybridized carbons (Fsp3) is 0.462. The Bertz CT molecular complexity index is 389. The molecule has 4 heteroatoms. The number of aromatic carboxylic acids is 1. The van der Waals surface area contributed by atoms with E-state index in [-0.39, 0.29) is 0 Å². The first-order valence-corrected chi connectivity index (χ1v) is 5.93. The van der Waals surface area contributed by atoms with Gasteiger partial charge in [0, 0.05) is 32.2 Å². The molecule has 2 rings (SSSR count). The molecule has 1 aliphatic rings. The lowest BCUT2D eigenvalue weighted by molar-refractivity contribution is 0.0697. The Labute approximate surface area is 101 Å². The smallest absolute Gasteiger partial charge is 0.335 e. The van der Waals surface area contributed by atoms with Gasteiger partial charge < -0.3 is 10.4 Å². The zero-order valence-corrected chi connectivity index (χ0v) is 10.0. The molecule has 17 heavy (non-hydrogen) atoms. The average molecular weight is 234 g/mol. The van der Waals surface area contributed by atoms with Gasteiger partial charge in [0.1, 0.15) is 0 Å². The lowest BCUT2D eigenvalue weighted by atomic mass is 10.1. The highest BCUT2D eigenvalue weighted by Crippen LogP contribution is 2.09. The molecule has 0 amide bonds. The molecule has 1 atom stereocenters. The van der Waals surface area contributed by atoms with E-state index in [1.807, 2.05) is 12.1 Å². The van der Waals surface area contributed by atoms with Crippen molar-refractivity contribution in [1.82, 2.24) is 10.2 Å². The van der Waals surface area contributed by atoms with Crippen molar-refractivity contribution in [2.45, 2.75) is 19.5 Å². The molecule has 0 bridgehead atoms. The van der Waals surface area contributed by atoms with E-state index >= 15 is 0 Å². The number of nitrogens with zero attached hydrogens (tertiary/aromatic N) is 1. The maximum atomic E-state index is 10.7. The summed E-state index contributed by atoms with van der Waals surface area (Å²) in [5.74, 6) is -0.868. The van der Waals surface area contributed by atoms with E-state index in [1.165, 1.54) is 5.56 Å². The normalized spacial score (nSPS) is 21.4. The summed E-state index contributed by atoms with van der Waals surface area (Å²) < 4.78 is 0. The molecule has 1 heterocycles. The Morgan fingerprint density at radius 3 is 2.76 bits per heavy atom. The number of piperazine rings is 1. The van der Waals surface area contributed by atoms with Crippen LogP contribution in [0.15, 0.2) is 24.3 Å². The minimum Gasteiger partial charge on any atom is -0.478 e. The maximum absolute atomic E-state index is 10.7. The number of hydrogen-bond donors (Lipinski definition) is 2. The summed E-state index contributed by atoms with van der Waals surface area (Å²) in [6, 6.07) is 7.67. The van der Waals surface area contributed by atoms with Crippen LogP contribution in [0.3, 0.4) is 0 Å². The molecule has 1 saturated heterocycles. The number of benzene rings is 1. The van der Waals surface area contributed by atoms with Gasteiger partial charge in [0.25, 0.3) is 0 Å². The molecule has 0 spiro atoms. The molecule has 2 N–H and O–H groups in total. The fourth-order valence-electron chi connectivity index (χ4n) is 2.17. The van der Waals surface area contributed by atoms with Crippen LogP contribution in [0.4, 0.5) is 0 Å². The second-order valence-electron chi connectivity index (χ2n) is 4.59. The predicted octanol–water partition coefficient (Wildman–Crippen LogP) is 1.18. The van der Waals surface area contributed by atoms with Gasteiger partial charge in [-0.05, 0) is 24.6 Å². The third-order valence-electron chi connectivity index (χ3n) is 3.06. The van der Waals surface area contributed by atoms with Crippen molar-refractivity contribution in [1.29, 1.82) is 0 Å². The van der Waals surface area contributed by atoms with Crippen molar-refractivity contribution in [2.24, 2.45) is 0 Å². The Balaban J connectivity index is 1.96. The monoisotopic (exact) mass is 234 g/mol. The van der Waals surface area contributed by atoms with Crippen LogP contribution in [0, 0.1) is 0 Å². The summed E-state index contributed by atoms with van der Waals surface area (Å²) in [4.78, 5) is 13.1. The number of carboxylic acid groups (broad SMARTS) is 1. The van der Waals surface area contributed by atoms with E-state index in [0.717, 1.165) is 26.2 Å². The standard InChI is InChI=1S/C13H18N2O2/c1-10-8-15(7-6-14-10)9-11-2-4-12(5-3-11)13(16)17/h2-5,10,14H,6-9H2,1H3,(H,16,17)/t10-/m0/s1. The molecule has 1 aliphatic heterocycles. The Morgan fingerprint density at radius 1 is 1.47 bits per heavy atom. The first kappa shape index (κ1) is 12.1. The summed E-state index contributed by atoms with van der Waals surface area (Å²) >= 11 is 0. The van der Waals surface area contributed by atoms with Crippen molar-refractivity contribution in [3.05, 3.63) is 35.4 Å². The Kier molecular flexibility index (Phi) is 3.76. The van der Waals surface area contributed by atoms with E-state index < -0.39 is 5.97 Å². The molecule has 4 nitrogen and oxygen atoms in total. The van der Waals surface area contributed by atoms with Gasteiger partial charge in [0.05, 0.1) is 5.56 Å². The highest BCUT2D eigenvalue weighted by Gasteiger charge is 2.15. The van der Waals surface area contributed by atoms with E-state index in [0.29, 0.717) is 11.6 Å². The molecule has 1 aromatic carbocycles. The Hall–Kier alpha value is -1.39. The van der Waals surface area contributed by atoms with Crippen molar-refractivity contribution in [3.8, 4) is 0 Å². The van der Waals surface area contributed by atoms with Crippen LogP contribution < -0.4 is 5.32 Å². The molecular weight excluding hydrogens is 216 g/mol. The molecule has 0 saturated carbocycles. The summed E-state index contributed by atoms with van der Waals surface area (Å²) in [5.41, 5.74) is 1.52. The molecule has 1 fully saturated rings. The highest BCUT2D eigenvalue weighted by molar-refractivity contribution is 5.87. The second-order valence-corrected chi connectivity index (χ2v) is 4.59. The predicted molar refractivity (Wildman–Crippen MR) is 66.1 cm³/mol. The lowest BCUT2D eigenvalue weighted by Crippen LogP contribution is -2.48. The van der Waals surface area contributed by atoms with Crippen LogP contribution in [0.1, 0.15) is 22.8 Å². The van der Waals surface area contributed by atoms with Crippen molar-refractivity contribution in [3.63, 3.8) is 0 Å². The summed E-state index contributed by atoms with van der Waals surface area (Å²) in [6.45, 7) is 6.19. The Morgan fingerprint density at radius 2 is 2.18 bits per heavy atom. The largest absolute Gasteiger partial charge is 0.478 e. The molecule has 1 aromatic rings. The topological polar surface area (TPSA) is 52.6 Å². The zero-order valence-electron chi connectivity index (χ0n) is 10.0. The first-order valence-electron chi connectivity index (χ1n) is 5.93. The highest BCUT2D eigenvalue weighted by atomic mass is 16.4. The van der Waals surface area contributed by atoms with E-state index in [9.17, 15) is 4.79 Å². The number of carbonyl (C=O) groups is 1. The van der Waals surface area contributed by atoms with Crippen molar-refractivity contribution >= 4 is 5.97 Å². The van der Waals surface area contributed by atoms with Gasteiger partial charge >= 0.3 is 5.97 Å². The van der Waals surface area contributed by atoms with Gasteiger partial charge in [-0.15, -0.1) is 0 Å². The van der Waals surface area contributed by atoms with Crippen LogP contribution >= 0.6 is 0 Å². The van der Waals surface area contributed by atoms with Gasteiger partial charge in [-0.2, -0.15) is 0 Å². The van der Waals surface area contributed by atoms with Crippen LogP contribution in [0.25, 0.3) is 0 Å². The fourth-order valence-corrected chi connectivity index (χ4v) is 2.17. The molecular formula is C13H18N2O2. The minimum atomic E-state index is -0.868. The van der Waals surface area contributed by atoms with Gasteiger partial charge in [0.2, 0.25) is 0 Å². The molecule has 0 aliphatic carbocycles. The number of carboxylic acids is 1. The zero-order chi connectivity index (χ0) is 12.3. The van der Waals surface area contributed by atoms with Gasteiger partial charge in [0.15, 0.2) is 0 Å². The molecule has 0 unspecified atom stereocenters. The van der Waals surface area contributed by atoms with E-state index in [4.69, 9.17) is 5.11 Å². The van der Waals surface area contributed by atoms with E-state index in [2.05, 4.69) is 17.1 Å². The number of hydrogen-bond acceptors (Lipinski definition) is 3. The van der Waals surface area contributed by atoms with Crippen LogP contribution in [-0.4, -0.2) is 41.7 Å². The third-order valence-corrected chi connectivity index (χ3v) is 3.06. The second kappa shape index (κ2) is 5.29. The van der Waals surface area contributed by atoms with Crippen LogP contribution in [-0.2, 0) is 6.54 Å². The molecule has 92 valence electrons. The quantitative estimate of drug-likeness (QED) is 0.824. The summed E-state index contributed by atoms with van der Waals surface area (Å²) in [5, 5.41) is 12.2. The summed E-state index contributed by atoms with van der Waals surface area (Å²) in [7, 11) is 0.